The van der Waals surface area contributed by atoms with E-state index >= 15 is 0 Å². The smallest absolute Gasteiger partial charge is 0.245 e. The van der Waals surface area contributed by atoms with Crippen LogP contribution in [0.3, 0.4) is 0 Å². The van der Waals surface area contributed by atoms with Gasteiger partial charge in [0.1, 0.15) is 11.9 Å². The molecule has 112 valence electrons. The van der Waals surface area contributed by atoms with Crippen molar-refractivity contribution in [3.05, 3.63) is 11.6 Å². The zero-order chi connectivity index (χ0) is 15.5. The molecule has 0 aliphatic rings. The molecule has 1 rings (SSSR count). The van der Waals surface area contributed by atoms with Crippen LogP contribution >= 0.6 is 0 Å². The Balaban J connectivity index is 2.58. The molecule has 1 atom stereocenters. The maximum atomic E-state index is 12.2. The second kappa shape index (κ2) is 6.02. The Bertz CT molecular complexity index is 489. The van der Waals surface area contributed by atoms with Crippen LogP contribution in [0.2, 0.25) is 0 Å². The molecular weight excluding hydrogens is 258 g/mol. The zero-order valence-corrected chi connectivity index (χ0v) is 12.9. The predicted octanol–water partition coefficient (Wildman–Crippen LogP) is 0.622. The van der Waals surface area contributed by atoms with Gasteiger partial charge < -0.3 is 10.2 Å². The Morgan fingerprint density at radius 2 is 2.00 bits per heavy atom. The molecule has 0 aliphatic heterocycles. The lowest BCUT2D eigenvalue weighted by Crippen LogP contribution is -2.48. The predicted molar refractivity (Wildman–Crippen MR) is 74.7 cm³/mol. The van der Waals surface area contributed by atoms with Crippen molar-refractivity contribution in [2.45, 2.75) is 47.2 Å². The Kier molecular flexibility index (Phi) is 4.86. The topological polar surface area (TPSA) is 91.0 Å². The summed E-state index contributed by atoms with van der Waals surface area (Å²) in [6.45, 7) is 9.19. The highest BCUT2D eigenvalue weighted by Gasteiger charge is 2.26. The number of rotatable bonds is 4. The van der Waals surface area contributed by atoms with Gasteiger partial charge in [-0.05, 0) is 13.8 Å². The summed E-state index contributed by atoms with van der Waals surface area (Å²) in [5, 5.41) is 9.42. The summed E-state index contributed by atoms with van der Waals surface area (Å²) >= 11 is 0. The Hall–Kier alpha value is -1.92. The lowest BCUT2D eigenvalue weighted by molar-refractivity contribution is -0.137. The fraction of sp³-hybridized carbons (Fsp3) is 0.692. The SMILES string of the molecule is Cc1nc(CN(C)C(=O)C(C)NC(=O)C(C)(C)C)n[nH]1. The van der Waals surface area contributed by atoms with E-state index in [4.69, 9.17) is 0 Å². The quantitative estimate of drug-likeness (QED) is 0.846. The van der Waals surface area contributed by atoms with Crippen LogP contribution in [0, 0.1) is 12.3 Å². The first-order valence-electron chi connectivity index (χ1n) is 6.55. The molecule has 7 nitrogen and oxygen atoms in total. The number of aromatic nitrogens is 3. The highest BCUT2D eigenvalue weighted by molar-refractivity contribution is 5.89. The second-order valence-corrected chi connectivity index (χ2v) is 5.98. The van der Waals surface area contributed by atoms with Gasteiger partial charge in [0.05, 0.1) is 6.54 Å². The Morgan fingerprint density at radius 1 is 1.40 bits per heavy atom. The summed E-state index contributed by atoms with van der Waals surface area (Å²) in [7, 11) is 1.66. The monoisotopic (exact) mass is 281 g/mol. The van der Waals surface area contributed by atoms with E-state index in [1.54, 1.807) is 41.7 Å². The second-order valence-electron chi connectivity index (χ2n) is 5.98. The molecule has 0 saturated carbocycles. The van der Waals surface area contributed by atoms with Crippen LogP contribution in [0.15, 0.2) is 0 Å². The maximum Gasteiger partial charge on any atom is 0.245 e. The van der Waals surface area contributed by atoms with Crippen LogP contribution in [0.25, 0.3) is 0 Å². The van der Waals surface area contributed by atoms with Crippen molar-refractivity contribution >= 4 is 11.8 Å². The summed E-state index contributed by atoms with van der Waals surface area (Å²) in [6.07, 6.45) is 0. The molecule has 0 aliphatic carbocycles. The molecule has 7 heteroatoms. The number of aryl methyl sites for hydroxylation is 1. The molecule has 0 saturated heterocycles. The van der Waals surface area contributed by atoms with Crippen molar-refractivity contribution in [1.82, 2.24) is 25.4 Å². The van der Waals surface area contributed by atoms with Crippen LogP contribution in [0.5, 0.6) is 0 Å². The first-order valence-corrected chi connectivity index (χ1v) is 6.55. The van der Waals surface area contributed by atoms with Gasteiger partial charge in [0.15, 0.2) is 5.82 Å². The molecule has 1 heterocycles. The molecule has 0 radical (unpaired) electrons. The number of hydrogen-bond donors (Lipinski definition) is 2. The fourth-order valence-electron chi connectivity index (χ4n) is 1.56. The molecule has 2 amide bonds. The highest BCUT2D eigenvalue weighted by Crippen LogP contribution is 2.13. The molecule has 1 aromatic heterocycles. The van der Waals surface area contributed by atoms with Gasteiger partial charge in [0.25, 0.3) is 0 Å². The first kappa shape index (κ1) is 16.1. The van der Waals surface area contributed by atoms with Gasteiger partial charge in [-0.3, -0.25) is 14.7 Å². The van der Waals surface area contributed by atoms with Crippen LogP contribution in [0.4, 0.5) is 0 Å². The number of carbonyl (C=O) groups excluding carboxylic acids is 2. The van der Waals surface area contributed by atoms with Crippen molar-refractivity contribution < 1.29 is 9.59 Å². The molecule has 2 N–H and O–H groups in total. The maximum absolute atomic E-state index is 12.2. The summed E-state index contributed by atoms with van der Waals surface area (Å²) in [4.78, 5) is 29.7. The lowest BCUT2D eigenvalue weighted by atomic mass is 9.95. The number of H-pyrrole nitrogens is 1. The van der Waals surface area contributed by atoms with Crippen LogP contribution in [-0.4, -0.2) is 45.0 Å². The van der Waals surface area contributed by atoms with Gasteiger partial charge in [-0.15, -0.1) is 0 Å². The molecule has 0 aromatic carbocycles. The van der Waals surface area contributed by atoms with Crippen molar-refractivity contribution in [2.75, 3.05) is 7.05 Å². The van der Waals surface area contributed by atoms with Crippen LogP contribution in [-0.2, 0) is 16.1 Å². The van der Waals surface area contributed by atoms with E-state index in [1.807, 2.05) is 0 Å². The molecular formula is C13H23N5O2. The van der Waals surface area contributed by atoms with E-state index in [-0.39, 0.29) is 11.8 Å². The minimum absolute atomic E-state index is 0.152. The average Bonchev–Trinajstić information content (AvgIpc) is 2.72. The van der Waals surface area contributed by atoms with Crippen molar-refractivity contribution in [3.63, 3.8) is 0 Å². The minimum Gasteiger partial charge on any atom is -0.344 e. The standard InChI is InChI=1S/C13H23N5O2/c1-8(14-12(20)13(3,4)5)11(19)18(6)7-10-15-9(2)16-17-10/h8H,7H2,1-6H3,(H,14,20)(H,15,16,17). The van der Waals surface area contributed by atoms with Crippen molar-refractivity contribution in [1.29, 1.82) is 0 Å². The highest BCUT2D eigenvalue weighted by atomic mass is 16.2. The third kappa shape index (κ3) is 4.32. The van der Waals surface area contributed by atoms with Crippen LogP contribution < -0.4 is 5.32 Å². The normalized spacial score (nSPS) is 12.9. The van der Waals surface area contributed by atoms with Gasteiger partial charge in [-0.1, -0.05) is 20.8 Å². The van der Waals surface area contributed by atoms with E-state index in [0.29, 0.717) is 18.2 Å². The summed E-state index contributed by atoms with van der Waals surface area (Å²) in [5.41, 5.74) is -0.520. The summed E-state index contributed by atoms with van der Waals surface area (Å²) in [5.74, 6) is 0.924. The fourth-order valence-corrected chi connectivity index (χ4v) is 1.56. The van der Waals surface area contributed by atoms with E-state index in [9.17, 15) is 9.59 Å². The molecule has 0 spiro atoms. The minimum atomic E-state index is -0.577. The number of aromatic amines is 1. The van der Waals surface area contributed by atoms with Crippen molar-refractivity contribution in [2.24, 2.45) is 5.41 Å². The van der Waals surface area contributed by atoms with Gasteiger partial charge >= 0.3 is 0 Å². The van der Waals surface area contributed by atoms with Crippen LogP contribution in [0.1, 0.15) is 39.3 Å². The third-order valence-electron chi connectivity index (χ3n) is 2.80. The van der Waals surface area contributed by atoms with E-state index < -0.39 is 11.5 Å². The summed E-state index contributed by atoms with van der Waals surface area (Å²) < 4.78 is 0. The first-order chi connectivity index (χ1) is 9.11. The lowest BCUT2D eigenvalue weighted by Gasteiger charge is -2.24. The summed E-state index contributed by atoms with van der Waals surface area (Å²) in [6, 6.07) is -0.577. The van der Waals surface area contributed by atoms with Gasteiger partial charge in [0, 0.05) is 12.5 Å². The van der Waals surface area contributed by atoms with Gasteiger partial charge in [-0.25, -0.2) is 4.98 Å². The average molecular weight is 281 g/mol. The molecule has 1 aromatic rings. The zero-order valence-electron chi connectivity index (χ0n) is 12.9. The Labute approximate surface area is 119 Å². The number of nitrogens with one attached hydrogen (secondary N) is 2. The van der Waals surface area contributed by atoms with Gasteiger partial charge in [0.2, 0.25) is 11.8 Å². The molecule has 0 bridgehead atoms. The van der Waals surface area contributed by atoms with E-state index in [2.05, 4.69) is 20.5 Å². The number of nitrogens with zero attached hydrogens (tertiary/aromatic N) is 3. The number of hydrogen-bond acceptors (Lipinski definition) is 4. The molecule has 0 fully saturated rings. The number of likely N-dealkylation sites (N-methyl/N-ethyl adjacent to an activating group) is 1. The number of amides is 2. The van der Waals surface area contributed by atoms with Gasteiger partial charge in [-0.2, -0.15) is 5.10 Å². The molecule has 1 unspecified atom stereocenters. The third-order valence-corrected chi connectivity index (χ3v) is 2.80. The largest absolute Gasteiger partial charge is 0.344 e. The number of carbonyl (C=O) groups is 2. The van der Waals surface area contributed by atoms with E-state index in [0.717, 1.165) is 0 Å². The Morgan fingerprint density at radius 3 is 2.45 bits per heavy atom. The van der Waals surface area contributed by atoms with Crippen molar-refractivity contribution in [3.8, 4) is 0 Å². The van der Waals surface area contributed by atoms with E-state index in [1.165, 1.54) is 4.90 Å². The molecule has 20 heavy (non-hydrogen) atoms.